The van der Waals surface area contributed by atoms with Crippen molar-refractivity contribution < 1.29 is 8.42 Å². The Morgan fingerprint density at radius 3 is 2.71 bits per heavy atom. The molecule has 2 atom stereocenters. The summed E-state index contributed by atoms with van der Waals surface area (Å²) < 4.78 is 28.1. The van der Waals surface area contributed by atoms with Crippen LogP contribution in [0.4, 0.5) is 0 Å². The van der Waals surface area contributed by atoms with E-state index < -0.39 is 10.0 Å². The van der Waals surface area contributed by atoms with Gasteiger partial charge in [-0.15, -0.1) is 0 Å². The maximum atomic E-state index is 12.6. The quantitative estimate of drug-likeness (QED) is 0.857. The summed E-state index contributed by atoms with van der Waals surface area (Å²) in [5.41, 5.74) is 0.800. The molecule has 21 heavy (non-hydrogen) atoms. The van der Waals surface area contributed by atoms with Gasteiger partial charge in [0.1, 0.15) is 0 Å². The average Bonchev–Trinajstić information content (AvgIpc) is 2.43. The van der Waals surface area contributed by atoms with E-state index in [-0.39, 0.29) is 6.04 Å². The van der Waals surface area contributed by atoms with Crippen molar-refractivity contribution in [2.75, 3.05) is 20.6 Å². The summed E-state index contributed by atoms with van der Waals surface area (Å²) in [6, 6.07) is 7.58. The predicted octanol–water partition coefficient (Wildman–Crippen LogP) is 1.17. The third kappa shape index (κ3) is 4.03. The lowest BCUT2D eigenvalue weighted by molar-refractivity contribution is 0.178. The molecular formula is C15H25N3O2S. The fourth-order valence-corrected chi connectivity index (χ4v) is 4.30. The predicted molar refractivity (Wildman–Crippen MR) is 84.6 cm³/mol. The number of piperidine rings is 1. The van der Waals surface area contributed by atoms with E-state index in [0.29, 0.717) is 17.5 Å². The number of nitrogens with one attached hydrogen (secondary N) is 2. The van der Waals surface area contributed by atoms with Crippen LogP contribution in [0.1, 0.15) is 25.3 Å². The molecule has 1 aliphatic heterocycles. The molecule has 0 aliphatic carbocycles. The second-order valence-corrected chi connectivity index (χ2v) is 7.49. The summed E-state index contributed by atoms with van der Waals surface area (Å²) in [6.45, 7) is 3.60. The topological polar surface area (TPSA) is 61.4 Å². The van der Waals surface area contributed by atoms with Crippen LogP contribution in [0.2, 0.25) is 0 Å². The number of hydrogen-bond donors (Lipinski definition) is 2. The molecule has 5 nitrogen and oxygen atoms in total. The number of sulfonamides is 1. The first kappa shape index (κ1) is 16.4. The molecule has 1 aliphatic rings. The normalized spacial score (nSPS) is 24.1. The average molecular weight is 311 g/mol. The lowest BCUT2D eigenvalue weighted by Crippen LogP contribution is -2.47. The molecule has 1 aromatic carbocycles. The van der Waals surface area contributed by atoms with Crippen LogP contribution < -0.4 is 10.0 Å². The molecule has 2 N–H and O–H groups in total. The van der Waals surface area contributed by atoms with Gasteiger partial charge in [-0.05, 0) is 52.0 Å². The summed E-state index contributed by atoms with van der Waals surface area (Å²) in [4.78, 5) is 2.64. The monoisotopic (exact) mass is 311 g/mol. The van der Waals surface area contributed by atoms with Gasteiger partial charge in [0.15, 0.2) is 0 Å². The third-order valence-corrected chi connectivity index (χ3v) is 5.78. The van der Waals surface area contributed by atoms with Crippen molar-refractivity contribution in [2.24, 2.45) is 0 Å². The van der Waals surface area contributed by atoms with E-state index in [1.807, 2.05) is 19.2 Å². The Labute approximate surface area is 127 Å². The van der Waals surface area contributed by atoms with Gasteiger partial charge in [-0.25, -0.2) is 13.1 Å². The molecule has 1 saturated heterocycles. The zero-order chi connectivity index (χ0) is 15.5. The van der Waals surface area contributed by atoms with Crippen LogP contribution in [0.5, 0.6) is 0 Å². The molecule has 2 unspecified atom stereocenters. The van der Waals surface area contributed by atoms with E-state index >= 15 is 0 Å². The summed E-state index contributed by atoms with van der Waals surface area (Å²) in [7, 11) is 0.434. The smallest absolute Gasteiger partial charge is 0.241 e. The highest BCUT2D eigenvalue weighted by atomic mass is 32.2. The number of rotatable bonds is 5. The largest absolute Gasteiger partial charge is 0.316 e. The van der Waals surface area contributed by atoms with Crippen LogP contribution in [-0.4, -0.2) is 46.0 Å². The van der Waals surface area contributed by atoms with Gasteiger partial charge in [-0.1, -0.05) is 18.2 Å². The van der Waals surface area contributed by atoms with E-state index in [9.17, 15) is 8.42 Å². The molecule has 0 radical (unpaired) electrons. The van der Waals surface area contributed by atoms with Gasteiger partial charge in [0.25, 0.3) is 0 Å². The Balaban J connectivity index is 2.15. The van der Waals surface area contributed by atoms with E-state index in [1.54, 1.807) is 12.1 Å². The summed E-state index contributed by atoms with van der Waals surface area (Å²) in [5.74, 6) is 0. The second-order valence-electron chi connectivity index (χ2n) is 5.81. The molecule has 0 spiro atoms. The third-order valence-electron chi connectivity index (χ3n) is 4.16. The zero-order valence-corrected chi connectivity index (χ0v) is 13.8. The minimum absolute atomic E-state index is 0.0174. The van der Waals surface area contributed by atoms with Gasteiger partial charge < -0.3 is 10.2 Å². The van der Waals surface area contributed by atoms with Crippen LogP contribution >= 0.6 is 0 Å². The van der Waals surface area contributed by atoms with Crippen molar-refractivity contribution in [3.05, 3.63) is 29.8 Å². The van der Waals surface area contributed by atoms with Crippen molar-refractivity contribution >= 4 is 10.0 Å². The Hall–Kier alpha value is -0.950. The van der Waals surface area contributed by atoms with Gasteiger partial charge >= 0.3 is 0 Å². The maximum absolute atomic E-state index is 12.6. The summed E-state index contributed by atoms with van der Waals surface area (Å²) in [5, 5.41) is 3.01. The van der Waals surface area contributed by atoms with Crippen molar-refractivity contribution in [3.63, 3.8) is 0 Å². The fraction of sp³-hybridized carbons (Fsp3) is 0.600. The van der Waals surface area contributed by atoms with Gasteiger partial charge in [0, 0.05) is 18.6 Å². The van der Waals surface area contributed by atoms with Gasteiger partial charge in [0.2, 0.25) is 10.0 Å². The first-order valence-electron chi connectivity index (χ1n) is 7.39. The van der Waals surface area contributed by atoms with Crippen LogP contribution in [0, 0.1) is 0 Å². The molecule has 1 heterocycles. The van der Waals surface area contributed by atoms with Crippen molar-refractivity contribution in [3.8, 4) is 0 Å². The molecule has 2 rings (SSSR count). The van der Waals surface area contributed by atoms with Gasteiger partial charge in [-0.3, -0.25) is 0 Å². The van der Waals surface area contributed by atoms with Gasteiger partial charge in [0.05, 0.1) is 4.90 Å². The Bertz CT molecular complexity index is 574. The van der Waals surface area contributed by atoms with Crippen LogP contribution in [0.3, 0.4) is 0 Å². The Morgan fingerprint density at radius 2 is 2.05 bits per heavy atom. The van der Waals surface area contributed by atoms with E-state index in [4.69, 9.17) is 0 Å². The van der Waals surface area contributed by atoms with E-state index in [2.05, 4.69) is 28.9 Å². The van der Waals surface area contributed by atoms with Crippen LogP contribution in [-0.2, 0) is 16.6 Å². The van der Waals surface area contributed by atoms with Crippen LogP contribution in [0.25, 0.3) is 0 Å². The second kappa shape index (κ2) is 6.87. The molecule has 1 aromatic rings. The number of nitrogens with zero attached hydrogens (tertiary/aromatic N) is 1. The SMILES string of the molecule is CNCc1ccccc1S(=O)(=O)NC1CCN(C)C(C)C1. The first-order valence-corrected chi connectivity index (χ1v) is 8.87. The van der Waals surface area contributed by atoms with Gasteiger partial charge in [-0.2, -0.15) is 0 Å². The van der Waals surface area contributed by atoms with Crippen molar-refractivity contribution in [2.45, 2.75) is 43.3 Å². The molecule has 0 aromatic heterocycles. The molecule has 1 fully saturated rings. The lowest BCUT2D eigenvalue weighted by Gasteiger charge is -2.35. The first-order chi connectivity index (χ1) is 9.94. The van der Waals surface area contributed by atoms with E-state index in [1.165, 1.54) is 0 Å². The number of likely N-dealkylation sites (tertiary alicyclic amines) is 1. The zero-order valence-electron chi connectivity index (χ0n) is 13.0. The minimum atomic E-state index is -3.46. The van der Waals surface area contributed by atoms with E-state index in [0.717, 1.165) is 24.9 Å². The molecule has 0 amide bonds. The minimum Gasteiger partial charge on any atom is -0.316 e. The number of benzene rings is 1. The Kier molecular flexibility index (Phi) is 5.37. The molecule has 6 heteroatoms. The fourth-order valence-electron chi connectivity index (χ4n) is 2.78. The Morgan fingerprint density at radius 1 is 1.33 bits per heavy atom. The standard InChI is InChI=1S/C15H25N3O2S/c1-12-10-14(8-9-18(12)3)17-21(19,20)15-7-5-4-6-13(15)11-16-2/h4-7,12,14,16-17H,8-11H2,1-3H3. The van der Waals surface area contributed by atoms with Crippen molar-refractivity contribution in [1.82, 2.24) is 14.9 Å². The number of hydrogen-bond acceptors (Lipinski definition) is 4. The molecule has 0 saturated carbocycles. The molecular weight excluding hydrogens is 286 g/mol. The highest BCUT2D eigenvalue weighted by molar-refractivity contribution is 7.89. The summed E-state index contributed by atoms with van der Waals surface area (Å²) >= 11 is 0. The lowest BCUT2D eigenvalue weighted by atomic mass is 10.0. The molecule has 0 bridgehead atoms. The summed E-state index contributed by atoms with van der Waals surface area (Å²) in [6.07, 6.45) is 1.71. The maximum Gasteiger partial charge on any atom is 0.241 e. The highest BCUT2D eigenvalue weighted by Gasteiger charge is 2.27. The molecule has 118 valence electrons. The van der Waals surface area contributed by atoms with Crippen LogP contribution in [0.15, 0.2) is 29.2 Å². The van der Waals surface area contributed by atoms with Crippen molar-refractivity contribution in [1.29, 1.82) is 0 Å². The highest BCUT2D eigenvalue weighted by Crippen LogP contribution is 2.20.